The highest BCUT2D eigenvalue weighted by molar-refractivity contribution is 7.17. The number of carbonyl (C=O) groups excluding carboxylic acids is 2. The van der Waals surface area contributed by atoms with Crippen LogP contribution in [-0.2, 0) is 0 Å². The van der Waals surface area contributed by atoms with Gasteiger partial charge in [0.1, 0.15) is 5.00 Å². The summed E-state index contributed by atoms with van der Waals surface area (Å²) in [6, 6.07) is 11.0. The van der Waals surface area contributed by atoms with Gasteiger partial charge in [0.05, 0.1) is 25.3 Å². The van der Waals surface area contributed by atoms with Crippen LogP contribution in [0.5, 0.6) is 11.5 Å². The van der Waals surface area contributed by atoms with Crippen molar-refractivity contribution in [2.75, 3.05) is 19.5 Å². The molecular formula is C23H24N2O4S. The SMILES string of the molecule is COc1cccc(C(=O)Nc2sc(C)c(-c3ccc(C)c(C)c3)c2C(N)=O)c1OC. The zero-order valence-corrected chi connectivity index (χ0v) is 18.4. The highest BCUT2D eigenvalue weighted by atomic mass is 32.1. The number of para-hydroxylation sites is 1. The van der Waals surface area contributed by atoms with Crippen molar-refractivity contribution in [3.63, 3.8) is 0 Å². The van der Waals surface area contributed by atoms with Gasteiger partial charge in [-0.05, 0) is 49.6 Å². The standard InChI is InChI=1S/C23H24N2O4S/c1-12-9-10-15(11-13(12)2)18-14(3)30-23(19(18)21(24)26)25-22(27)16-7-6-8-17(28-4)20(16)29-5/h6-11H,1-5H3,(H2,24,26)(H,25,27). The number of hydrogen-bond donors (Lipinski definition) is 2. The summed E-state index contributed by atoms with van der Waals surface area (Å²) in [6.45, 7) is 5.95. The first-order chi connectivity index (χ1) is 14.3. The van der Waals surface area contributed by atoms with Crippen LogP contribution in [0.4, 0.5) is 5.00 Å². The zero-order chi connectivity index (χ0) is 22.0. The highest BCUT2D eigenvalue weighted by Crippen LogP contribution is 2.41. The van der Waals surface area contributed by atoms with Gasteiger partial charge in [-0.1, -0.05) is 24.3 Å². The summed E-state index contributed by atoms with van der Waals surface area (Å²) >= 11 is 1.32. The molecule has 2 amide bonds. The summed E-state index contributed by atoms with van der Waals surface area (Å²) in [5, 5.41) is 3.24. The molecule has 0 atom stereocenters. The normalized spacial score (nSPS) is 10.6. The van der Waals surface area contributed by atoms with Crippen molar-refractivity contribution in [2.24, 2.45) is 5.73 Å². The minimum absolute atomic E-state index is 0.297. The number of hydrogen-bond acceptors (Lipinski definition) is 5. The zero-order valence-electron chi connectivity index (χ0n) is 17.6. The summed E-state index contributed by atoms with van der Waals surface area (Å²) in [5.41, 5.74) is 10.2. The first kappa shape index (κ1) is 21.4. The van der Waals surface area contributed by atoms with Crippen molar-refractivity contribution in [1.29, 1.82) is 0 Å². The molecule has 0 aliphatic carbocycles. The lowest BCUT2D eigenvalue weighted by atomic mass is 9.97. The lowest BCUT2D eigenvalue weighted by Crippen LogP contribution is -2.18. The van der Waals surface area contributed by atoms with Crippen LogP contribution in [0.2, 0.25) is 0 Å². The third-order valence-corrected chi connectivity index (χ3v) is 6.02. The van der Waals surface area contributed by atoms with Gasteiger partial charge in [0.2, 0.25) is 0 Å². The van der Waals surface area contributed by atoms with Gasteiger partial charge in [0, 0.05) is 10.4 Å². The van der Waals surface area contributed by atoms with E-state index in [-0.39, 0.29) is 0 Å². The van der Waals surface area contributed by atoms with E-state index in [1.54, 1.807) is 18.2 Å². The van der Waals surface area contributed by atoms with Crippen molar-refractivity contribution in [2.45, 2.75) is 20.8 Å². The Bertz CT molecular complexity index is 1130. The average Bonchev–Trinajstić information content (AvgIpc) is 3.05. The smallest absolute Gasteiger partial charge is 0.260 e. The molecule has 0 saturated carbocycles. The molecule has 0 aliphatic rings. The monoisotopic (exact) mass is 424 g/mol. The van der Waals surface area contributed by atoms with Gasteiger partial charge < -0.3 is 20.5 Å². The number of anilines is 1. The van der Waals surface area contributed by atoms with Crippen molar-refractivity contribution in [1.82, 2.24) is 0 Å². The quantitative estimate of drug-likeness (QED) is 0.600. The van der Waals surface area contributed by atoms with Gasteiger partial charge in [0.15, 0.2) is 11.5 Å². The molecule has 156 valence electrons. The van der Waals surface area contributed by atoms with Crippen LogP contribution in [0.15, 0.2) is 36.4 Å². The molecule has 1 aromatic heterocycles. The second-order valence-corrected chi connectivity index (χ2v) is 8.12. The molecule has 3 rings (SSSR count). The van der Waals surface area contributed by atoms with Gasteiger partial charge in [-0.2, -0.15) is 0 Å². The lowest BCUT2D eigenvalue weighted by Gasteiger charge is -2.12. The van der Waals surface area contributed by atoms with Crippen molar-refractivity contribution < 1.29 is 19.1 Å². The number of aryl methyl sites for hydroxylation is 3. The predicted molar refractivity (Wildman–Crippen MR) is 120 cm³/mol. The largest absolute Gasteiger partial charge is 0.493 e. The Hall–Kier alpha value is -3.32. The number of ether oxygens (including phenoxy) is 2. The van der Waals surface area contributed by atoms with E-state index < -0.39 is 11.8 Å². The summed E-state index contributed by atoms with van der Waals surface area (Å²) in [4.78, 5) is 26.2. The number of carbonyl (C=O) groups is 2. The first-order valence-corrected chi connectivity index (χ1v) is 10.1. The molecule has 3 aromatic rings. The second kappa shape index (κ2) is 8.59. The molecule has 0 unspecified atom stereocenters. The van der Waals surface area contributed by atoms with Crippen LogP contribution in [0.25, 0.3) is 11.1 Å². The lowest BCUT2D eigenvalue weighted by molar-refractivity contribution is 0.100. The maximum atomic E-state index is 13.0. The number of benzene rings is 2. The molecule has 0 fully saturated rings. The van der Waals surface area contributed by atoms with E-state index in [2.05, 4.69) is 5.32 Å². The van der Waals surface area contributed by atoms with Crippen molar-refractivity contribution >= 4 is 28.2 Å². The molecule has 1 heterocycles. The van der Waals surface area contributed by atoms with Gasteiger partial charge in [0.25, 0.3) is 11.8 Å². The van der Waals surface area contributed by atoms with Gasteiger partial charge in [-0.15, -0.1) is 11.3 Å². The molecule has 30 heavy (non-hydrogen) atoms. The Labute approximate surface area is 179 Å². The fourth-order valence-electron chi connectivity index (χ4n) is 3.35. The molecule has 0 aliphatic heterocycles. The third kappa shape index (κ3) is 3.89. The van der Waals surface area contributed by atoms with E-state index in [0.717, 1.165) is 27.1 Å². The van der Waals surface area contributed by atoms with Crippen molar-refractivity contribution in [3.05, 3.63) is 63.5 Å². The van der Waals surface area contributed by atoms with E-state index in [1.165, 1.54) is 25.6 Å². The Morgan fingerprint density at radius 3 is 2.33 bits per heavy atom. The fourth-order valence-corrected chi connectivity index (χ4v) is 4.43. The number of thiophene rings is 1. The van der Waals surface area contributed by atoms with E-state index in [1.807, 2.05) is 39.0 Å². The number of nitrogens with one attached hydrogen (secondary N) is 1. The Morgan fingerprint density at radius 1 is 1.00 bits per heavy atom. The molecule has 0 bridgehead atoms. The number of nitrogens with two attached hydrogens (primary N) is 1. The Morgan fingerprint density at radius 2 is 1.73 bits per heavy atom. The number of primary amides is 1. The summed E-state index contributed by atoms with van der Waals surface area (Å²) in [6.07, 6.45) is 0. The first-order valence-electron chi connectivity index (χ1n) is 9.31. The summed E-state index contributed by atoms with van der Waals surface area (Å²) in [7, 11) is 2.97. The van der Waals surface area contributed by atoms with Crippen LogP contribution in [0.3, 0.4) is 0 Å². The fraction of sp³-hybridized carbons (Fsp3) is 0.217. The van der Waals surface area contributed by atoms with Gasteiger partial charge in [-0.3, -0.25) is 9.59 Å². The molecule has 0 radical (unpaired) electrons. The number of rotatable bonds is 6. The molecule has 7 heteroatoms. The van der Waals surface area contributed by atoms with E-state index >= 15 is 0 Å². The molecule has 3 N–H and O–H groups in total. The Balaban J connectivity index is 2.07. The minimum atomic E-state index is -0.597. The second-order valence-electron chi connectivity index (χ2n) is 6.90. The number of methoxy groups -OCH3 is 2. The molecule has 2 aromatic carbocycles. The van der Waals surface area contributed by atoms with Crippen molar-refractivity contribution in [3.8, 4) is 22.6 Å². The van der Waals surface area contributed by atoms with Crippen LogP contribution < -0.4 is 20.5 Å². The minimum Gasteiger partial charge on any atom is -0.493 e. The maximum Gasteiger partial charge on any atom is 0.260 e. The van der Waals surface area contributed by atoms with Crippen LogP contribution >= 0.6 is 11.3 Å². The van der Waals surface area contributed by atoms with E-state index in [0.29, 0.717) is 27.6 Å². The van der Waals surface area contributed by atoms with E-state index in [9.17, 15) is 9.59 Å². The molecule has 0 spiro atoms. The van der Waals surface area contributed by atoms with Gasteiger partial charge >= 0.3 is 0 Å². The number of amides is 2. The highest BCUT2D eigenvalue weighted by Gasteiger charge is 2.25. The van der Waals surface area contributed by atoms with Crippen LogP contribution in [0, 0.1) is 20.8 Å². The van der Waals surface area contributed by atoms with Crippen LogP contribution in [-0.4, -0.2) is 26.0 Å². The van der Waals surface area contributed by atoms with Crippen LogP contribution in [0.1, 0.15) is 36.7 Å². The topological polar surface area (TPSA) is 90.6 Å². The van der Waals surface area contributed by atoms with E-state index in [4.69, 9.17) is 15.2 Å². The summed E-state index contributed by atoms with van der Waals surface area (Å²) < 4.78 is 10.6. The molecular weight excluding hydrogens is 400 g/mol. The van der Waals surface area contributed by atoms with Gasteiger partial charge in [-0.25, -0.2) is 0 Å². The molecule has 6 nitrogen and oxygen atoms in total. The summed E-state index contributed by atoms with van der Waals surface area (Å²) in [5.74, 6) is -0.249. The molecule has 0 saturated heterocycles. The Kier molecular flexibility index (Phi) is 6.12. The average molecular weight is 425 g/mol. The third-order valence-electron chi connectivity index (χ3n) is 5.00. The maximum absolute atomic E-state index is 13.0. The predicted octanol–water partition coefficient (Wildman–Crippen LogP) is 4.71.